The Labute approximate surface area is 187 Å². The summed E-state index contributed by atoms with van der Waals surface area (Å²) < 4.78 is 14.0. The summed E-state index contributed by atoms with van der Waals surface area (Å²) >= 11 is 5.83. The van der Waals surface area contributed by atoms with Gasteiger partial charge in [-0.1, -0.05) is 24.6 Å². The highest BCUT2D eigenvalue weighted by Crippen LogP contribution is 2.24. The Morgan fingerprint density at radius 1 is 1.00 bits per heavy atom. The fourth-order valence-electron chi connectivity index (χ4n) is 3.78. The number of hydrogen-bond donors (Lipinski definition) is 1. The highest BCUT2D eigenvalue weighted by atomic mass is 35.5. The number of rotatable bonds is 6. The van der Waals surface area contributed by atoms with E-state index in [9.17, 15) is 4.39 Å². The van der Waals surface area contributed by atoms with Crippen molar-refractivity contribution in [2.45, 2.75) is 20.4 Å². The van der Waals surface area contributed by atoms with E-state index in [4.69, 9.17) is 11.6 Å². The van der Waals surface area contributed by atoms with Crippen LogP contribution in [0.2, 0.25) is 5.02 Å². The van der Waals surface area contributed by atoms with Crippen LogP contribution in [-0.4, -0.2) is 47.6 Å². The zero-order chi connectivity index (χ0) is 21.8. The van der Waals surface area contributed by atoms with Gasteiger partial charge in [0.15, 0.2) is 5.82 Å². The summed E-state index contributed by atoms with van der Waals surface area (Å²) in [6.07, 6.45) is 0. The predicted molar refractivity (Wildman–Crippen MR) is 125 cm³/mol. The monoisotopic (exact) mass is 439 g/mol. The van der Waals surface area contributed by atoms with Crippen LogP contribution < -0.4 is 10.2 Å². The second-order valence-corrected chi connectivity index (χ2v) is 8.21. The van der Waals surface area contributed by atoms with Crippen LogP contribution >= 0.6 is 11.6 Å². The van der Waals surface area contributed by atoms with Gasteiger partial charge < -0.3 is 15.1 Å². The van der Waals surface area contributed by atoms with Crippen molar-refractivity contribution in [3.8, 4) is 11.4 Å². The summed E-state index contributed by atoms with van der Waals surface area (Å²) in [6.45, 7) is 9.86. The Bertz CT molecular complexity index is 1030. The molecule has 1 saturated heterocycles. The molecule has 4 rings (SSSR count). The summed E-state index contributed by atoms with van der Waals surface area (Å²) in [5, 5.41) is 3.58. The first-order valence-electron chi connectivity index (χ1n) is 10.6. The predicted octanol–water partition coefficient (Wildman–Crippen LogP) is 5.00. The van der Waals surface area contributed by atoms with Crippen molar-refractivity contribution in [1.82, 2.24) is 14.9 Å². The molecular weight excluding hydrogens is 413 g/mol. The molecule has 0 amide bonds. The topological polar surface area (TPSA) is 44.3 Å². The molecular formula is C24H27ClFN5. The zero-order valence-electron chi connectivity index (χ0n) is 17.9. The molecule has 2 aromatic carbocycles. The molecule has 1 fully saturated rings. The number of hydrogen-bond acceptors (Lipinski definition) is 5. The van der Waals surface area contributed by atoms with Gasteiger partial charge in [0.1, 0.15) is 11.6 Å². The van der Waals surface area contributed by atoms with E-state index in [1.807, 2.05) is 13.0 Å². The van der Waals surface area contributed by atoms with Crippen LogP contribution in [0.25, 0.3) is 11.4 Å². The maximum absolute atomic E-state index is 14.0. The third kappa shape index (κ3) is 5.32. The van der Waals surface area contributed by atoms with Crippen molar-refractivity contribution in [1.29, 1.82) is 0 Å². The second-order valence-electron chi connectivity index (χ2n) is 7.78. The Morgan fingerprint density at radius 3 is 2.42 bits per heavy atom. The normalized spacial score (nSPS) is 14.6. The zero-order valence-corrected chi connectivity index (χ0v) is 18.7. The van der Waals surface area contributed by atoms with Gasteiger partial charge in [-0.05, 0) is 49.9 Å². The van der Waals surface area contributed by atoms with E-state index in [1.54, 1.807) is 12.1 Å². The molecule has 2 heterocycles. The van der Waals surface area contributed by atoms with E-state index in [1.165, 1.54) is 11.8 Å². The summed E-state index contributed by atoms with van der Waals surface area (Å²) in [6, 6.07) is 15.0. The number of piperazine rings is 1. The van der Waals surface area contributed by atoms with Crippen LogP contribution in [0.1, 0.15) is 18.2 Å². The summed E-state index contributed by atoms with van der Waals surface area (Å²) in [7, 11) is 0. The lowest BCUT2D eigenvalue weighted by Gasteiger charge is -2.35. The lowest BCUT2D eigenvalue weighted by molar-refractivity contribution is 0.271. The number of nitrogens with one attached hydrogen (secondary N) is 1. The molecule has 7 heteroatoms. The van der Waals surface area contributed by atoms with Crippen LogP contribution in [0.3, 0.4) is 0 Å². The summed E-state index contributed by atoms with van der Waals surface area (Å²) in [5.74, 6) is 0.986. The van der Waals surface area contributed by atoms with Gasteiger partial charge in [-0.3, -0.25) is 0 Å². The van der Waals surface area contributed by atoms with Crippen molar-refractivity contribution in [3.63, 3.8) is 0 Å². The summed E-state index contributed by atoms with van der Waals surface area (Å²) in [4.78, 5) is 14.1. The minimum absolute atomic E-state index is 0.321. The van der Waals surface area contributed by atoms with Gasteiger partial charge in [-0.15, -0.1) is 0 Å². The average Bonchev–Trinajstić information content (AvgIpc) is 2.78. The molecule has 5 nitrogen and oxygen atoms in total. The molecule has 1 N–H and O–H groups in total. The van der Waals surface area contributed by atoms with Gasteiger partial charge in [0.05, 0.1) is 0 Å². The molecule has 0 saturated carbocycles. The van der Waals surface area contributed by atoms with Crippen LogP contribution in [0.4, 0.5) is 15.9 Å². The van der Waals surface area contributed by atoms with E-state index >= 15 is 0 Å². The Morgan fingerprint density at radius 2 is 1.74 bits per heavy atom. The Hall–Kier alpha value is -2.70. The van der Waals surface area contributed by atoms with Gasteiger partial charge in [-0.2, -0.15) is 0 Å². The van der Waals surface area contributed by atoms with E-state index in [-0.39, 0.29) is 5.82 Å². The number of aromatic nitrogens is 2. The molecule has 0 spiro atoms. The number of nitrogens with zero attached hydrogens (tertiary/aromatic N) is 4. The molecule has 162 valence electrons. The maximum Gasteiger partial charge on any atom is 0.161 e. The highest BCUT2D eigenvalue weighted by molar-refractivity contribution is 6.30. The molecule has 31 heavy (non-hydrogen) atoms. The van der Waals surface area contributed by atoms with Gasteiger partial charge in [0.2, 0.25) is 0 Å². The average molecular weight is 440 g/mol. The summed E-state index contributed by atoms with van der Waals surface area (Å²) in [5.41, 5.74) is 3.57. The smallest absolute Gasteiger partial charge is 0.161 e. The highest BCUT2D eigenvalue weighted by Gasteiger charge is 2.16. The number of halogens is 2. The van der Waals surface area contributed by atoms with Gasteiger partial charge in [-0.25, -0.2) is 14.4 Å². The van der Waals surface area contributed by atoms with Crippen molar-refractivity contribution < 1.29 is 4.39 Å². The van der Waals surface area contributed by atoms with E-state index in [0.717, 1.165) is 44.0 Å². The SMILES string of the molecule is CCN1CCN(c2ccc(-c3nc(C)cc(NCc4ccc(Cl)cc4F)n3)cc2)CC1. The van der Waals surface area contributed by atoms with E-state index in [0.29, 0.717) is 28.8 Å². The first kappa shape index (κ1) is 21.5. The first-order valence-corrected chi connectivity index (χ1v) is 11.0. The van der Waals surface area contributed by atoms with Crippen LogP contribution in [0.5, 0.6) is 0 Å². The van der Waals surface area contributed by atoms with Crippen molar-refractivity contribution >= 4 is 23.1 Å². The molecule has 3 aromatic rings. The number of aryl methyl sites for hydroxylation is 1. The molecule has 0 radical (unpaired) electrons. The fourth-order valence-corrected chi connectivity index (χ4v) is 3.94. The molecule has 0 unspecified atom stereocenters. The van der Waals surface area contributed by atoms with Crippen molar-refractivity contribution in [3.05, 3.63) is 70.6 Å². The standard InChI is InChI=1S/C24H27ClFN5/c1-3-30-10-12-31(13-11-30)21-8-5-18(6-9-21)24-28-17(2)14-23(29-24)27-16-19-4-7-20(25)15-22(19)26/h4-9,14-15H,3,10-13,16H2,1-2H3,(H,27,28,29). The number of benzene rings is 2. The first-order chi connectivity index (χ1) is 15.0. The molecule has 1 aliphatic rings. The maximum atomic E-state index is 14.0. The molecule has 0 aliphatic carbocycles. The minimum Gasteiger partial charge on any atom is -0.369 e. The van der Waals surface area contributed by atoms with Crippen LogP contribution in [-0.2, 0) is 6.54 Å². The third-order valence-corrected chi connectivity index (χ3v) is 5.87. The van der Waals surface area contributed by atoms with E-state index < -0.39 is 0 Å². The van der Waals surface area contributed by atoms with E-state index in [2.05, 4.69) is 56.3 Å². The van der Waals surface area contributed by atoms with Gasteiger partial charge in [0, 0.05) is 66.3 Å². The minimum atomic E-state index is -0.332. The van der Waals surface area contributed by atoms with Gasteiger partial charge in [0.25, 0.3) is 0 Å². The molecule has 0 atom stereocenters. The lowest BCUT2D eigenvalue weighted by Crippen LogP contribution is -2.46. The van der Waals surface area contributed by atoms with Crippen molar-refractivity contribution in [2.75, 3.05) is 42.9 Å². The Balaban J connectivity index is 1.46. The fraction of sp³-hybridized carbons (Fsp3) is 0.333. The molecule has 1 aliphatic heterocycles. The molecule has 0 bridgehead atoms. The van der Waals surface area contributed by atoms with Crippen LogP contribution in [0, 0.1) is 12.7 Å². The lowest BCUT2D eigenvalue weighted by atomic mass is 10.1. The number of anilines is 2. The second kappa shape index (κ2) is 9.62. The van der Waals surface area contributed by atoms with Gasteiger partial charge >= 0.3 is 0 Å². The van der Waals surface area contributed by atoms with Crippen LogP contribution in [0.15, 0.2) is 48.5 Å². The number of likely N-dealkylation sites (N-methyl/N-ethyl adjacent to an activating group) is 1. The third-order valence-electron chi connectivity index (χ3n) is 5.64. The Kier molecular flexibility index (Phi) is 6.68. The molecule has 1 aromatic heterocycles. The van der Waals surface area contributed by atoms with Crippen molar-refractivity contribution in [2.24, 2.45) is 0 Å². The quantitative estimate of drug-likeness (QED) is 0.585. The largest absolute Gasteiger partial charge is 0.369 e.